The van der Waals surface area contributed by atoms with E-state index >= 15 is 0 Å². The normalized spacial score (nSPS) is 9.94. The molecule has 0 unspecified atom stereocenters. The Bertz CT molecular complexity index is 355. The van der Waals surface area contributed by atoms with E-state index in [2.05, 4.69) is 11.9 Å². The van der Waals surface area contributed by atoms with Crippen molar-refractivity contribution in [3.63, 3.8) is 0 Å². The molecule has 0 bridgehead atoms. The Hall–Kier alpha value is -1.77. The second kappa shape index (κ2) is 5.95. The molecule has 1 aromatic carbocycles. The summed E-state index contributed by atoms with van der Waals surface area (Å²) in [5, 5.41) is 2.66. The molecule has 0 spiro atoms. The molecule has 0 aliphatic carbocycles. The van der Waals surface area contributed by atoms with Crippen molar-refractivity contribution in [3.8, 4) is 0 Å². The van der Waals surface area contributed by atoms with E-state index in [-0.39, 0.29) is 6.10 Å². The first-order chi connectivity index (χ1) is 7.61. The molecule has 16 heavy (non-hydrogen) atoms. The Balaban J connectivity index is 2.54. The highest BCUT2D eigenvalue weighted by molar-refractivity contribution is 5.84. The van der Waals surface area contributed by atoms with Gasteiger partial charge in [-0.2, -0.15) is 0 Å². The van der Waals surface area contributed by atoms with Crippen LogP contribution < -0.4 is 5.32 Å². The average molecular weight is 219 g/mol. The summed E-state index contributed by atoms with van der Waals surface area (Å²) in [6.07, 6.45) is 2.14. The Labute approximate surface area is 96.1 Å². The van der Waals surface area contributed by atoms with Crippen LogP contribution in [0.2, 0.25) is 0 Å². The Morgan fingerprint density at radius 1 is 1.44 bits per heavy atom. The predicted molar refractivity (Wildman–Crippen MR) is 65.6 cm³/mol. The summed E-state index contributed by atoms with van der Waals surface area (Å²) in [5.41, 5.74) is 1.90. The van der Waals surface area contributed by atoms with Gasteiger partial charge in [0.15, 0.2) is 0 Å². The van der Waals surface area contributed by atoms with Crippen molar-refractivity contribution in [2.75, 3.05) is 5.32 Å². The molecule has 86 valence electrons. The van der Waals surface area contributed by atoms with Crippen molar-refractivity contribution in [1.82, 2.24) is 0 Å². The van der Waals surface area contributed by atoms with E-state index in [0.717, 1.165) is 17.7 Å². The molecule has 0 heterocycles. The van der Waals surface area contributed by atoms with Crippen LogP contribution in [0.25, 0.3) is 0 Å². The third kappa shape index (κ3) is 4.17. The second-order valence-corrected chi connectivity index (χ2v) is 3.77. The lowest BCUT2D eigenvalue weighted by molar-refractivity contribution is 0.130. The van der Waals surface area contributed by atoms with Crippen molar-refractivity contribution in [2.45, 2.75) is 26.4 Å². The van der Waals surface area contributed by atoms with Gasteiger partial charge in [-0.05, 0) is 38.0 Å². The molecule has 0 saturated heterocycles. The molecule has 3 heteroatoms. The van der Waals surface area contributed by atoms with Gasteiger partial charge in [0.05, 0.1) is 6.10 Å². The fraction of sp³-hybridized carbons (Fsp3) is 0.308. The predicted octanol–water partition coefficient (Wildman–Crippen LogP) is 3.37. The maximum absolute atomic E-state index is 11.3. The minimum absolute atomic E-state index is 0.111. The van der Waals surface area contributed by atoms with E-state index in [1.165, 1.54) is 0 Å². The summed E-state index contributed by atoms with van der Waals surface area (Å²) in [6, 6.07) is 7.60. The molecule has 0 saturated carbocycles. The van der Waals surface area contributed by atoms with Gasteiger partial charge in [0.25, 0.3) is 0 Å². The third-order valence-corrected chi connectivity index (χ3v) is 1.92. The number of allylic oxidation sites excluding steroid dienone is 1. The molecule has 0 aliphatic heterocycles. The quantitative estimate of drug-likeness (QED) is 0.788. The highest BCUT2D eigenvalue weighted by atomic mass is 16.6. The first kappa shape index (κ1) is 12.3. The van der Waals surface area contributed by atoms with E-state index in [9.17, 15) is 4.79 Å². The molecule has 1 aromatic rings. The minimum atomic E-state index is -0.425. The van der Waals surface area contributed by atoms with Crippen molar-refractivity contribution in [3.05, 3.63) is 42.5 Å². The highest BCUT2D eigenvalue weighted by Crippen LogP contribution is 2.10. The number of carbonyl (C=O) groups excluding carboxylic acids is 1. The fourth-order valence-corrected chi connectivity index (χ4v) is 1.25. The van der Waals surface area contributed by atoms with Gasteiger partial charge >= 0.3 is 6.09 Å². The van der Waals surface area contributed by atoms with Crippen molar-refractivity contribution < 1.29 is 9.53 Å². The number of benzene rings is 1. The summed E-state index contributed by atoms with van der Waals surface area (Å²) in [5.74, 6) is 0. The second-order valence-electron chi connectivity index (χ2n) is 3.77. The van der Waals surface area contributed by atoms with Gasteiger partial charge in [-0.3, -0.25) is 5.32 Å². The largest absolute Gasteiger partial charge is 0.447 e. The molecule has 0 fully saturated rings. The highest BCUT2D eigenvalue weighted by Gasteiger charge is 2.04. The summed E-state index contributed by atoms with van der Waals surface area (Å²) in [7, 11) is 0. The van der Waals surface area contributed by atoms with E-state index < -0.39 is 6.09 Å². The maximum Gasteiger partial charge on any atom is 0.411 e. The zero-order valence-electron chi connectivity index (χ0n) is 9.69. The maximum atomic E-state index is 11.3. The number of amides is 1. The van der Waals surface area contributed by atoms with Crippen molar-refractivity contribution in [1.29, 1.82) is 0 Å². The van der Waals surface area contributed by atoms with Crippen LogP contribution in [0.3, 0.4) is 0 Å². The monoisotopic (exact) mass is 219 g/mol. The van der Waals surface area contributed by atoms with Gasteiger partial charge in [0.2, 0.25) is 0 Å². The SMILES string of the molecule is C=CCc1ccc(NC(=O)OC(C)C)cc1. The zero-order chi connectivity index (χ0) is 12.0. The van der Waals surface area contributed by atoms with Crippen LogP contribution in [0.5, 0.6) is 0 Å². The van der Waals surface area contributed by atoms with Crippen LogP contribution >= 0.6 is 0 Å². The number of anilines is 1. The number of nitrogens with one attached hydrogen (secondary N) is 1. The molecule has 0 atom stereocenters. The van der Waals surface area contributed by atoms with E-state index in [0.29, 0.717) is 0 Å². The summed E-state index contributed by atoms with van der Waals surface area (Å²) in [6.45, 7) is 7.29. The molecule has 1 N–H and O–H groups in total. The standard InChI is InChI=1S/C13H17NO2/c1-4-5-11-6-8-12(9-7-11)14-13(15)16-10(2)3/h4,6-10H,1,5H2,2-3H3,(H,14,15). The lowest BCUT2D eigenvalue weighted by atomic mass is 10.1. The van der Waals surface area contributed by atoms with Crippen LogP contribution in [0.4, 0.5) is 10.5 Å². The van der Waals surface area contributed by atoms with Crippen LogP contribution in [0.1, 0.15) is 19.4 Å². The minimum Gasteiger partial charge on any atom is -0.447 e. The van der Waals surface area contributed by atoms with Crippen LogP contribution in [0, 0.1) is 0 Å². The lowest BCUT2D eigenvalue weighted by Crippen LogP contribution is -2.17. The number of rotatable bonds is 4. The van der Waals surface area contributed by atoms with Gasteiger partial charge in [-0.1, -0.05) is 18.2 Å². The fourth-order valence-electron chi connectivity index (χ4n) is 1.25. The van der Waals surface area contributed by atoms with E-state index in [1.807, 2.05) is 44.2 Å². The van der Waals surface area contributed by atoms with E-state index in [1.54, 1.807) is 0 Å². The van der Waals surface area contributed by atoms with Gasteiger partial charge < -0.3 is 4.74 Å². The molecular weight excluding hydrogens is 202 g/mol. The first-order valence-corrected chi connectivity index (χ1v) is 5.29. The van der Waals surface area contributed by atoms with Gasteiger partial charge in [0.1, 0.15) is 0 Å². The molecule has 0 aromatic heterocycles. The molecule has 1 amide bonds. The summed E-state index contributed by atoms with van der Waals surface area (Å²) >= 11 is 0. The summed E-state index contributed by atoms with van der Waals surface area (Å²) in [4.78, 5) is 11.3. The molecule has 1 rings (SSSR count). The number of carbonyl (C=O) groups is 1. The number of ether oxygens (including phenoxy) is 1. The smallest absolute Gasteiger partial charge is 0.411 e. The molecular formula is C13H17NO2. The zero-order valence-corrected chi connectivity index (χ0v) is 9.69. The first-order valence-electron chi connectivity index (χ1n) is 5.29. The van der Waals surface area contributed by atoms with Gasteiger partial charge in [-0.15, -0.1) is 6.58 Å². The van der Waals surface area contributed by atoms with Crippen molar-refractivity contribution in [2.24, 2.45) is 0 Å². The van der Waals surface area contributed by atoms with Gasteiger partial charge in [0, 0.05) is 5.69 Å². The third-order valence-electron chi connectivity index (χ3n) is 1.92. The molecule has 0 radical (unpaired) electrons. The van der Waals surface area contributed by atoms with E-state index in [4.69, 9.17) is 4.74 Å². The van der Waals surface area contributed by atoms with Crippen LogP contribution in [-0.2, 0) is 11.2 Å². The summed E-state index contributed by atoms with van der Waals surface area (Å²) < 4.78 is 4.97. The van der Waals surface area contributed by atoms with Crippen LogP contribution in [0.15, 0.2) is 36.9 Å². The average Bonchev–Trinajstić information content (AvgIpc) is 2.20. The Morgan fingerprint density at radius 3 is 2.56 bits per heavy atom. The lowest BCUT2D eigenvalue weighted by Gasteiger charge is -2.09. The Morgan fingerprint density at radius 2 is 2.06 bits per heavy atom. The topological polar surface area (TPSA) is 38.3 Å². The van der Waals surface area contributed by atoms with Crippen molar-refractivity contribution >= 4 is 11.8 Å². The Kier molecular flexibility index (Phi) is 4.58. The molecule has 0 aliphatic rings. The van der Waals surface area contributed by atoms with Crippen LogP contribution in [-0.4, -0.2) is 12.2 Å². The molecule has 3 nitrogen and oxygen atoms in total. The van der Waals surface area contributed by atoms with Gasteiger partial charge in [-0.25, -0.2) is 4.79 Å². The number of hydrogen-bond acceptors (Lipinski definition) is 2. The number of hydrogen-bond donors (Lipinski definition) is 1.